The van der Waals surface area contributed by atoms with Gasteiger partial charge in [-0.15, -0.1) is 0 Å². The first kappa shape index (κ1) is 21.4. The number of para-hydroxylation sites is 2. The summed E-state index contributed by atoms with van der Waals surface area (Å²) in [6, 6.07) is 30.4. The van der Waals surface area contributed by atoms with Gasteiger partial charge in [-0.25, -0.2) is 0 Å². The van der Waals surface area contributed by atoms with Crippen molar-refractivity contribution in [2.75, 3.05) is 10.2 Å². The molecule has 164 valence electrons. The van der Waals surface area contributed by atoms with Gasteiger partial charge in [-0.2, -0.15) is 0 Å². The SMILES string of the molecule is O=C1c2ccccc2N[C@H](c2cccc(OCc3ccc(Cl)c(Cl)c3)c2)N1c1ccccc1. The Bertz CT molecular complexity index is 1310. The summed E-state index contributed by atoms with van der Waals surface area (Å²) >= 11 is 12.1. The molecule has 6 heteroatoms. The maximum atomic E-state index is 13.5. The van der Waals surface area contributed by atoms with E-state index in [1.807, 2.05) is 84.9 Å². The van der Waals surface area contributed by atoms with Gasteiger partial charge in [0.25, 0.3) is 5.91 Å². The summed E-state index contributed by atoms with van der Waals surface area (Å²) in [5.41, 5.74) is 4.09. The lowest BCUT2D eigenvalue weighted by molar-refractivity contribution is 0.0975. The van der Waals surface area contributed by atoms with E-state index in [2.05, 4.69) is 5.32 Å². The van der Waals surface area contributed by atoms with Gasteiger partial charge in [0.2, 0.25) is 0 Å². The fourth-order valence-corrected chi connectivity index (χ4v) is 4.23. The molecule has 0 saturated heterocycles. The van der Waals surface area contributed by atoms with Crippen LogP contribution in [-0.2, 0) is 6.61 Å². The molecule has 0 saturated carbocycles. The van der Waals surface area contributed by atoms with Crippen LogP contribution in [0, 0.1) is 0 Å². The van der Waals surface area contributed by atoms with E-state index in [1.54, 1.807) is 17.0 Å². The molecule has 33 heavy (non-hydrogen) atoms. The standard InChI is InChI=1S/C27H20Cl2N2O2/c28-23-14-13-18(15-24(23)29)17-33-21-10-6-7-19(16-21)26-30-25-12-5-4-11-22(25)27(32)31(26)20-8-2-1-3-9-20/h1-16,26,30H,17H2/t26-/m0/s1. The molecule has 1 N–H and O–H groups in total. The number of fused-ring (bicyclic) bond motifs is 1. The Kier molecular flexibility index (Phi) is 5.95. The van der Waals surface area contributed by atoms with Gasteiger partial charge in [-0.1, -0.05) is 71.7 Å². The fraction of sp³-hybridized carbons (Fsp3) is 0.0741. The number of hydrogen-bond donors (Lipinski definition) is 1. The predicted molar refractivity (Wildman–Crippen MR) is 133 cm³/mol. The number of ether oxygens (including phenoxy) is 1. The molecule has 1 aliphatic heterocycles. The first-order valence-corrected chi connectivity index (χ1v) is 11.3. The van der Waals surface area contributed by atoms with Crippen molar-refractivity contribution in [1.82, 2.24) is 0 Å². The van der Waals surface area contributed by atoms with Gasteiger partial charge in [0, 0.05) is 11.4 Å². The van der Waals surface area contributed by atoms with E-state index in [0.29, 0.717) is 28.0 Å². The molecular weight excluding hydrogens is 455 g/mol. The van der Waals surface area contributed by atoms with Crippen LogP contribution in [0.25, 0.3) is 0 Å². The minimum absolute atomic E-state index is 0.0531. The van der Waals surface area contributed by atoms with E-state index in [0.717, 1.165) is 22.5 Å². The van der Waals surface area contributed by atoms with Crippen molar-refractivity contribution in [1.29, 1.82) is 0 Å². The van der Waals surface area contributed by atoms with E-state index < -0.39 is 0 Å². The van der Waals surface area contributed by atoms with Crippen molar-refractivity contribution in [2.24, 2.45) is 0 Å². The number of carbonyl (C=O) groups excluding carboxylic acids is 1. The lowest BCUT2D eigenvalue weighted by Crippen LogP contribution is -2.43. The third-order valence-corrected chi connectivity index (χ3v) is 6.26. The molecule has 1 atom stereocenters. The Labute approximate surface area is 202 Å². The lowest BCUT2D eigenvalue weighted by Gasteiger charge is -2.38. The highest BCUT2D eigenvalue weighted by molar-refractivity contribution is 6.42. The molecule has 1 amide bonds. The van der Waals surface area contributed by atoms with Crippen LogP contribution in [0.15, 0.2) is 97.1 Å². The van der Waals surface area contributed by atoms with Crippen molar-refractivity contribution < 1.29 is 9.53 Å². The zero-order chi connectivity index (χ0) is 22.8. The third kappa shape index (κ3) is 4.40. The van der Waals surface area contributed by atoms with Crippen LogP contribution in [0.1, 0.15) is 27.7 Å². The number of rotatable bonds is 5. The Morgan fingerprint density at radius 3 is 2.42 bits per heavy atom. The molecular formula is C27H20Cl2N2O2. The van der Waals surface area contributed by atoms with Crippen LogP contribution < -0.4 is 15.0 Å². The average molecular weight is 475 g/mol. The molecule has 0 radical (unpaired) electrons. The second-order valence-electron chi connectivity index (χ2n) is 7.71. The molecule has 4 aromatic carbocycles. The minimum Gasteiger partial charge on any atom is -0.489 e. The van der Waals surface area contributed by atoms with Gasteiger partial charge in [0.15, 0.2) is 0 Å². The second kappa shape index (κ2) is 9.18. The van der Waals surface area contributed by atoms with Crippen molar-refractivity contribution in [3.8, 4) is 5.75 Å². The summed E-state index contributed by atoms with van der Waals surface area (Å²) in [6.45, 7) is 0.350. The lowest BCUT2D eigenvalue weighted by atomic mass is 10.0. The van der Waals surface area contributed by atoms with Crippen molar-refractivity contribution in [3.63, 3.8) is 0 Å². The smallest absolute Gasteiger partial charge is 0.262 e. The summed E-state index contributed by atoms with van der Waals surface area (Å²) < 4.78 is 6.02. The predicted octanol–water partition coefficient (Wildman–Crippen LogP) is 7.34. The Morgan fingerprint density at radius 1 is 0.818 bits per heavy atom. The Balaban J connectivity index is 1.46. The van der Waals surface area contributed by atoms with Gasteiger partial charge >= 0.3 is 0 Å². The van der Waals surface area contributed by atoms with E-state index in [4.69, 9.17) is 27.9 Å². The van der Waals surface area contributed by atoms with Gasteiger partial charge in [-0.05, 0) is 59.7 Å². The molecule has 4 aromatic rings. The zero-order valence-electron chi connectivity index (χ0n) is 17.5. The van der Waals surface area contributed by atoms with E-state index in [9.17, 15) is 4.79 Å². The van der Waals surface area contributed by atoms with Gasteiger partial charge in [0.05, 0.1) is 15.6 Å². The van der Waals surface area contributed by atoms with Gasteiger partial charge < -0.3 is 10.1 Å². The molecule has 0 aromatic heterocycles. The summed E-state index contributed by atoms with van der Waals surface area (Å²) in [5.74, 6) is 0.641. The van der Waals surface area contributed by atoms with Crippen LogP contribution in [0.3, 0.4) is 0 Å². The molecule has 4 nitrogen and oxygen atoms in total. The first-order chi connectivity index (χ1) is 16.1. The molecule has 0 unspecified atom stereocenters. The maximum Gasteiger partial charge on any atom is 0.262 e. The number of amides is 1. The number of carbonyl (C=O) groups is 1. The first-order valence-electron chi connectivity index (χ1n) is 10.5. The molecule has 0 fully saturated rings. The topological polar surface area (TPSA) is 41.6 Å². The summed E-state index contributed by atoms with van der Waals surface area (Å²) in [4.78, 5) is 15.3. The largest absolute Gasteiger partial charge is 0.489 e. The number of hydrogen-bond acceptors (Lipinski definition) is 3. The summed E-state index contributed by atoms with van der Waals surface area (Å²) in [6.07, 6.45) is -0.386. The Hall–Kier alpha value is -3.47. The monoisotopic (exact) mass is 474 g/mol. The van der Waals surface area contributed by atoms with Crippen LogP contribution in [0.4, 0.5) is 11.4 Å². The van der Waals surface area contributed by atoms with E-state index >= 15 is 0 Å². The number of nitrogens with one attached hydrogen (secondary N) is 1. The maximum absolute atomic E-state index is 13.5. The second-order valence-corrected chi connectivity index (χ2v) is 8.53. The molecule has 5 rings (SSSR count). The third-order valence-electron chi connectivity index (χ3n) is 5.52. The highest BCUT2D eigenvalue weighted by Crippen LogP contribution is 2.37. The van der Waals surface area contributed by atoms with Gasteiger partial charge in [-0.3, -0.25) is 9.69 Å². The van der Waals surface area contributed by atoms with Crippen LogP contribution in [0.5, 0.6) is 5.75 Å². The molecule has 0 bridgehead atoms. The molecule has 1 aliphatic rings. The summed E-state index contributed by atoms with van der Waals surface area (Å²) in [5, 5.41) is 4.53. The van der Waals surface area contributed by atoms with Crippen LogP contribution >= 0.6 is 23.2 Å². The Morgan fingerprint density at radius 2 is 1.61 bits per heavy atom. The van der Waals surface area contributed by atoms with Gasteiger partial charge in [0.1, 0.15) is 18.5 Å². The fourth-order valence-electron chi connectivity index (χ4n) is 3.91. The normalized spacial score (nSPS) is 15.0. The number of benzene rings is 4. The van der Waals surface area contributed by atoms with E-state index in [-0.39, 0.29) is 12.1 Å². The van der Waals surface area contributed by atoms with E-state index in [1.165, 1.54) is 0 Å². The number of anilines is 2. The molecule has 1 heterocycles. The molecule has 0 spiro atoms. The van der Waals surface area contributed by atoms with Crippen molar-refractivity contribution >= 4 is 40.5 Å². The number of halogens is 2. The molecule has 0 aliphatic carbocycles. The minimum atomic E-state index is -0.386. The highest BCUT2D eigenvalue weighted by Gasteiger charge is 2.34. The summed E-state index contributed by atoms with van der Waals surface area (Å²) in [7, 11) is 0. The van der Waals surface area contributed by atoms with Crippen LogP contribution in [0.2, 0.25) is 10.0 Å². The van der Waals surface area contributed by atoms with Crippen LogP contribution in [-0.4, -0.2) is 5.91 Å². The average Bonchev–Trinajstić information content (AvgIpc) is 2.85. The highest BCUT2D eigenvalue weighted by atomic mass is 35.5. The number of nitrogens with zero attached hydrogens (tertiary/aromatic N) is 1. The van der Waals surface area contributed by atoms with Crippen molar-refractivity contribution in [2.45, 2.75) is 12.8 Å². The zero-order valence-corrected chi connectivity index (χ0v) is 19.1. The van der Waals surface area contributed by atoms with Crippen molar-refractivity contribution in [3.05, 3.63) is 124 Å². The quantitative estimate of drug-likeness (QED) is 0.328.